The number of rotatable bonds is 5. The van der Waals surface area contributed by atoms with Gasteiger partial charge in [0.1, 0.15) is 11.3 Å². The van der Waals surface area contributed by atoms with Gasteiger partial charge in [-0.25, -0.2) is 4.98 Å². The molecule has 4 aromatic rings. The molecule has 6 nitrogen and oxygen atoms in total. The maximum absolute atomic E-state index is 12.5. The minimum atomic E-state index is -0.175. The van der Waals surface area contributed by atoms with Crippen LogP contribution in [0.2, 0.25) is 0 Å². The number of benzene rings is 2. The molecule has 0 atom stereocenters. The Kier molecular flexibility index (Phi) is 4.53. The first kappa shape index (κ1) is 16.8. The zero-order valence-electron chi connectivity index (χ0n) is 14.7. The molecule has 1 N–H and O–H groups in total. The second-order valence-electron chi connectivity index (χ2n) is 5.98. The predicted octanol–water partition coefficient (Wildman–Crippen LogP) is 3.83. The summed E-state index contributed by atoms with van der Waals surface area (Å²) in [5, 5.41) is 2.91. The van der Waals surface area contributed by atoms with Gasteiger partial charge in [0.2, 0.25) is 5.89 Å². The predicted molar refractivity (Wildman–Crippen MR) is 101 cm³/mol. The smallest absolute Gasteiger partial charge is 0.251 e. The first-order valence-corrected chi connectivity index (χ1v) is 8.45. The van der Waals surface area contributed by atoms with Crippen LogP contribution in [0.5, 0.6) is 5.75 Å². The van der Waals surface area contributed by atoms with Gasteiger partial charge in [0.25, 0.3) is 5.91 Å². The molecule has 134 valence electrons. The van der Waals surface area contributed by atoms with Crippen molar-refractivity contribution in [2.24, 2.45) is 0 Å². The van der Waals surface area contributed by atoms with Crippen molar-refractivity contribution >= 4 is 17.0 Å². The van der Waals surface area contributed by atoms with E-state index in [0.717, 1.165) is 16.9 Å². The Hall–Kier alpha value is -3.67. The average molecular weight is 359 g/mol. The van der Waals surface area contributed by atoms with Crippen molar-refractivity contribution in [2.75, 3.05) is 7.11 Å². The van der Waals surface area contributed by atoms with E-state index in [4.69, 9.17) is 9.15 Å². The van der Waals surface area contributed by atoms with E-state index < -0.39 is 0 Å². The molecule has 4 rings (SSSR count). The molecule has 0 aliphatic heterocycles. The SMILES string of the molecule is COc1cccc(CNC(=O)c2ccc3oc(-c4cccnc4)nc3c2)c1. The van der Waals surface area contributed by atoms with E-state index in [1.165, 1.54) is 0 Å². The Bertz CT molecular complexity index is 1090. The van der Waals surface area contributed by atoms with E-state index in [1.54, 1.807) is 37.7 Å². The Morgan fingerprint density at radius 1 is 1.15 bits per heavy atom. The summed E-state index contributed by atoms with van der Waals surface area (Å²) in [7, 11) is 1.62. The molecule has 2 heterocycles. The molecule has 0 aliphatic rings. The molecule has 6 heteroatoms. The summed E-state index contributed by atoms with van der Waals surface area (Å²) >= 11 is 0. The van der Waals surface area contributed by atoms with Crippen LogP contribution in [0.3, 0.4) is 0 Å². The Labute approximate surface area is 155 Å². The Morgan fingerprint density at radius 3 is 2.89 bits per heavy atom. The molecule has 0 fully saturated rings. The topological polar surface area (TPSA) is 77.2 Å². The molecule has 0 unspecified atom stereocenters. The zero-order chi connectivity index (χ0) is 18.6. The first-order chi connectivity index (χ1) is 13.2. The molecule has 27 heavy (non-hydrogen) atoms. The number of ether oxygens (including phenoxy) is 1. The number of hydrogen-bond acceptors (Lipinski definition) is 5. The van der Waals surface area contributed by atoms with Crippen LogP contribution in [-0.4, -0.2) is 23.0 Å². The number of amides is 1. The Balaban J connectivity index is 1.52. The summed E-state index contributed by atoms with van der Waals surface area (Å²) in [6, 6.07) is 16.5. The standard InChI is InChI=1S/C21H17N3O3/c1-26-17-6-2-4-14(10-17)12-23-20(25)15-7-8-19-18(11-15)24-21(27-19)16-5-3-9-22-13-16/h2-11,13H,12H2,1H3,(H,23,25). The third-order valence-electron chi connectivity index (χ3n) is 4.15. The number of fused-ring (bicyclic) bond motifs is 1. The van der Waals surface area contributed by atoms with Crippen LogP contribution in [0.25, 0.3) is 22.6 Å². The number of pyridine rings is 1. The molecule has 0 spiro atoms. The summed E-state index contributed by atoms with van der Waals surface area (Å²) in [4.78, 5) is 21.0. The zero-order valence-corrected chi connectivity index (χ0v) is 14.7. The fourth-order valence-corrected chi connectivity index (χ4v) is 2.75. The number of nitrogens with zero attached hydrogens (tertiary/aromatic N) is 2. The number of hydrogen-bond donors (Lipinski definition) is 1. The normalized spacial score (nSPS) is 10.7. The van der Waals surface area contributed by atoms with Crippen LogP contribution in [0, 0.1) is 0 Å². The van der Waals surface area contributed by atoms with Gasteiger partial charge in [0.15, 0.2) is 5.58 Å². The highest BCUT2D eigenvalue weighted by Gasteiger charge is 2.12. The molecular weight excluding hydrogens is 342 g/mol. The number of carbonyl (C=O) groups is 1. The maximum Gasteiger partial charge on any atom is 0.251 e. The van der Waals surface area contributed by atoms with Crippen molar-refractivity contribution in [1.82, 2.24) is 15.3 Å². The van der Waals surface area contributed by atoms with Crippen molar-refractivity contribution in [3.05, 3.63) is 78.1 Å². The van der Waals surface area contributed by atoms with Gasteiger partial charge >= 0.3 is 0 Å². The van der Waals surface area contributed by atoms with Crippen LogP contribution in [-0.2, 0) is 6.54 Å². The van der Waals surface area contributed by atoms with Gasteiger partial charge in [-0.2, -0.15) is 0 Å². The summed E-state index contributed by atoms with van der Waals surface area (Å²) < 4.78 is 10.9. The average Bonchev–Trinajstić information content (AvgIpc) is 3.16. The lowest BCUT2D eigenvalue weighted by Gasteiger charge is -2.07. The van der Waals surface area contributed by atoms with Crippen molar-refractivity contribution in [3.8, 4) is 17.2 Å². The van der Waals surface area contributed by atoms with Gasteiger partial charge in [-0.3, -0.25) is 9.78 Å². The molecule has 2 aromatic heterocycles. The molecule has 0 saturated heterocycles. The van der Waals surface area contributed by atoms with E-state index in [1.807, 2.05) is 36.4 Å². The van der Waals surface area contributed by atoms with Crippen molar-refractivity contribution < 1.29 is 13.9 Å². The van der Waals surface area contributed by atoms with Crippen LogP contribution < -0.4 is 10.1 Å². The van der Waals surface area contributed by atoms with Crippen LogP contribution in [0.4, 0.5) is 0 Å². The minimum absolute atomic E-state index is 0.175. The maximum atomic E-state index is 12.5. The van der Waals surface area contributed by atoms with Crippen molar-refractivity contribution in [1.29, 1.82) is 0 Å². The van der Waals surface area contributed by atoms with E-state index in [9.17, 15) is 4.79 Å². The van der Waals surface area contributed by atoms with E-state index in [0.29, 0.717) is 29.1 Å². The number of carbonyl (C=O) groups excluding carboxylic acids is 1. The third-order valence-corrected chi connectivity index (χ3v) is 4.15. The second kappa shape index (κ2) is 7.29. The molecule has 0 radical (unpaired) electrons. The number of nitrogens with one attached hydrogen (secondary N) is 1. The second-order valence-corrected chi connectivity index (χ2v) is 5.98. The third kappa shape index (κ3) is 3.64. The molecular formula is C21H17N3O3. The van der Waals surface area contributed by atoms with Gasteiger partial charge < -0.3 is 14.5 Å². The summed E-state index contributed by atoms with van der Waals surface area (Å²) in [6.45, 7) is 0.411. The quantitative estimate of drug-likeness (QED) is 0.586. The lowest BCUT2D eigenvalue weighted by atomic mass is 10.1. The minimum Gasteiger partial charge on any atom is -0.497 e. The van der Waals surface area contributed by atoms with Gasteiger partial charge in [0.05, 0.1) is 12.7 Å². The molecule has 0 aliphatic carbocycles. The first-order valence-electron chi connectivity index (χ1n) is 8.45. The molecule has 0 saturated carbocycles. The highest BCUT2D eigenvalue weighted by molar-refractivity contribution is 5.97. The molecule has 1 amide bonds. The van der Waals surface area contributed by atoms with E-state index >= 15 is 0 Å². The number of aromatic nitrogens is 2. The highest BCUT2D eigenvalue weighted by atomic mass is 16.5. The number of methoxy groups -OCH3 is 1. The van der Waals surface area contributed by atoms with Gasteiger partial charge in [-0.05, 0) is 48.0 Å². The van der Waals surface area contributed by atoms with Gasteiger partial charge in [0, 0.05) is 24.5 Å². The van der Waals surface area contributed by atoms with Crippen LogP contribution >= 0.6 is 0 Å². The van der Waals surface area contributed by atoms with Crippen LogP contribution in [0.1, 0.15) is 15.9 Å². The highest BCUT2D eigenvalue weighted by Crippen LogP contribution is 2.24. The summed E-state index contributed by atoms with van der Waals surface area (Å²) in [5.41, 5.74) is 3.53. The van der Waals surface area contributed by atoms with E-state index in [2.05, 4.69) is 15.3 Å². The lowest BCUT2D eigenvalue weighted by Crippen LogP contribution is -2.22. The fraction of sp³-hybridized carbons (Fsp3) is 0.0952. The van der Waals surface area contributed by atoms with E-state index in [-0.39, 0.29) is 5.91 Å². The summed E-state index contributed by atoms with van der Waals surface area (Å²) in [6.07, 6.45) is 3.38. The van der Waals surface area contributed by atoms with Crippen molar-refractivity contribution in [3.63, 3.8) is 0 Å². The van der Waals surface area contributed by atoms with Gasteiger partial charge in [-0.15, -0.1) is 0 Å². The monoisotopic (exact) mass is 359 g/mol. The Morgan fingerprint density at radius 2 is 2.07 bits per heavy atom. The summed E-state index contributed by atoms with van der Waals surface area (Å²) in [5.74, 6) is 1.06. The number of oxazole rings is 1. The molecule has 0 bridgehead atoms. The van der Waals surface area contributed by atoms with Crippen LogP contribution in [0.15, 0.2) is 71.4 Å². The largest absolute Gasteiger partial charge is 0.497 e. The van der Waals surface area contributed by atoms with Gasteiger partial charge in [-0.1, -0.05) is 12.1 Å². The van der Waals surface area contributed by atoms with Crippen molar-refractivity contribution in [2.45, 2.75) is 6.54 Å². The fourth-order valence-electron chi connectivity index (χ4n) is 2.75. The lowest BCUT2D eigenvalue weighted by molar-refractivity contribution is 0.0951. The molecule has 2 aromatic carbocycles.